The van der Waals surface area contributed by atoms with Crippen molar-refractivity contribution in [2.45, 2.75) is 19.3 Å². The molecule has 0 saturated heterocycles. The van der Waals surface area contributed by atoms with E-state index in [2.05, 4.69) is 0 Å². The highest BCUT2D eigenvalue weighted by Gasteiger charge is 2.46. The first kappa shape index (κ1) is 11.2. The summed E-state index contributed by atoms with van der Waals surface area (Å²) in [5, 5.41) is 9.26. The Morgan fingerprint density at radius 2 is 1.75 bits per heavy atom. The fourth-order valence-corrected chi connectivity index (χ4v) is 2.99. The molecule has 3 aliphatic rings. The molecule has 0 aromatic carbocycles. The van der Waals surface area contributed by atoms with Crippen molar-refractivity contribution >= 4 is 11.9 Å². The van der Waals surface area contributed by atoms with Crippen LogP contribution >= 0.6 is 0 Å². The first-order valence-electron chi connectivity index (χ1n) is 5.64. The molecule has 2 bridgehead atoms. The quantitative estimate of drug-likeness (QED) is 0.569. The van der Waals surface area contributed by atoms with Gasteiger partial charge in [-0.1, -0.05) is 18.6 Å². The van der Waals surface area contributed by atoms with Crippen molar-refractivity contribution in [1.82, 2.24) is 0 Å². The van der Waals surface area contributed by atoms with E-state index in [4.69, 9.17) is 4.74 Å². The molecule has 0 heterocycles. The molecular formula is C12H16O4. The Labute approximate surface area is 94.3 Å². The van der Waals surface area contributed by atoms with Gasteiger partial charge in [0.1, 0.15) is 0 Å². The van der Waals surface area contributed by atoms with E-state index < -0.39 is 17.8 Å². The summed E-state index contributed by atoms with van der Waals surface area (Å²) in [6.45, 7) is 0. The number of methoxy groups -OCH3 is 1. The number of esters is 1. The molecule has 0 radical (unpaired) electrons. The monoisotopic (exact) mass is 224 g/mol. The molecular weight excluding hydrogens is 208 g/mol. The molecule has 3 aliphatic carbocycles. The number of aliphatic carboxylic acids is 1. The number of hydrogen-bond donors (Lipinski definition) is 1. The Bertz CT molecular complexity index is 334. The summed E-state index contributed by atoms with van der Waals surface area (Å²) >= 11 is 0. The van der Waals surface area contributed by atoms with Crippen LogP contribution in [0.15, 0.2) is 12.2 Å². The normalized spacial score (nSPS) is 36.8. The Balaban J connectivity index is 2.35. The lowest BCUT2D eigenvalue weighted by Gasteiger charge is -2.32. The molecule has 4 nitrogen and oxygen atoms in total. The molecule has 4 heteroatoms. The Morgan fingerprint density at radius 3 is 2.25 bits per heavy atom. The lowest BCUT2D eigenvalue weighted by atomic mass is 9.71. The van der Waals surface area contributed by atoms with Gasteiger partial charge in [-0.2, -0.15) is 0 Å². The van der Waals surface area contributed by atoms with Gasteiger partial charge in [-0.3, -0.25) is 9.59 Å². The number of carbonyl (C=O) groups is 2. The molecule has 16 heavy (non-hydrogen) atoms. The molecule has 1 fully saturated rings. The van der Waals surface area contributed by atoms with E-state index in [0.29, 0.717) is 0 Å². The average Bonchev–Trinajstić information content (AvgIpc) is 2.60. The van der Waals surface area contributed by atoms with Crippen LogP contribution in [0, 0.1) is 23.7 Å². The van der Waals surface area contributed by atoms with Crippen molar-refractivity contribution in [3.63, 3.8) is 0 Å². The van der Waals surface area contributed by atoms with Crippen molar-refractivity contribution in [1.29, 1.82) is 0 Å². The minimum atomic E-state index is -0.878. The molecule has 1 N–H and O–H groups in total. The van der Waals surface area contributed by atoms with Crippen LogP contribution in [-0.2, 0) is 14.3 Å². The van der Waals surface area contributed by atoms with Crippen LogP contribution < -0.4 is 0 Å². The van der Waals surface area contributed by atoms with Crippen LogP contribution in [-0.4, -0.2) is 24.2 Å². The average molecular weight is 224 g/mol. The lowest BCUT2D eigenvalue weighted by Crippen LogP contribution is -2.40. The molecule has 0 amide bonds. The minimum absolute atomic E-state index is 0.0136. The highest BCUT2D eigenvalue weighted by Crippen LogP contribution is 2.43. The first-order valence-corrected chi connectivity index (χ1v) is 5.64. The molecule has 1 saturated carbocycles. The molecule has 88 valence electrons. The Morgan fingerprint density at radius 1 is 1.19 bits per heavy atom. The van der Waals surface area contributed by atoms with Crippen LogP contribution in [0.5, 0.6) is 0 Å². The predicted molar refractivity (Wildman–Crippen MR) is 56.6 cm³/mol. The van der Waals surface area contributed by atoms with Crippen molar-refractivity contribution in [3.8, 4) is 0 Å². The largest absolute Gasteiger partial charge is 0.481 e. The van der Waals surface area contributed by atoms with E-state index in [1.54, 1.807) is 0 Å². The number of fused-ring (bicyclic) bond motifs is 3. The fraction of sp³-hybridized carbons (Fsp3) is 0.667. The third-order valence-corrected chi connectivity index (χ3v) is 3.75. The molecule has 0 aromatic rings. The van der Waals surface area contributed by atoms with Gasteiger partial charge < -0.3 is 9.84 Å². The molecule has 0 aliphatic heterocycles. The van der Waals surface area contributed by atoms with Gasteiger partial charge in [-0.05, 0) is 24.7 Å². The van der Waals surface area contributed by atoms with E-state index >= 15 is 0 Å². The number of carboxylic acid groups (broad SMARTS) is 1. The zero-order valence-corrected chi connectivity index (χ0v) is 9.26. The number of carboxylic acids is 1. The third-order valence-electron chi connectivity index (χ3n) is 3.75. The highest BCUT2D eigenvalue weighted by atomic mass is 16.5. The number of ether oxygens (including phenoxy) is 1. The second kappa shape index (κ2) is 4.28. The smallest absolute Gasteiger partial charge is 0.310 e. The van der Waals surface area contributed by atoms with Gasteiger partial charge in [0.2, 0.25) is 0 Å². The maximum absolute atomic E-state index is 11.7. The molecule has 3 rings (SSSR count). The molecule has 0 aromatic heterocycles. The third kappa shape index (κ3) is 1.72. The summed E-state index contributed by atoms with van der Waals surface area (Å²) < 4.78 is 4.74. The molecule has 4 atom stereocenters. The van der Waals surface area contributed by atoms with E-state index in [-0.39, 0.29) is 17.8 Å². The number of rotatable bonds is 2. The SMILES string of the molecule is COC(=O)C1C2C=CC(CCC2)C1C(=O)O. The van der Waals surface area contributed by atoms with Gasteiger partial charge in [0, 0.05) is 0 Å². The van der Waals surface area contributed by atoms with Gasteiger partial charge >= 0.3 is 11.9 Å². The summed E-state index contributed by atoms with van der Waals surface area (Å²) in [6.07, 6.45) is 6.70. The second-order valence-corrected chi connectivity index (χ2v) is 4.56. The lowest BCUT2D eigenvalue weighted by molar-refractivity contribution is -0.159. The number of carbonyl (C=O) groups excluding carboxylic acids is 1. The zero-order valence-electron chi connectivity index (χ0n) is 9.26. The summed E-state index contributed by atoms with van der Waals surface area (Å²) in [7, 11) is 1.32. The highest BCUT2D eigenvalue weighted by molar-refractivity contribution is 5.82. The van der Waals surface area contributed by atoms with Gasteiger partial charge in [0.05, 0.1) is 18.9 Å². The van der Waals surface area contributed by atoms with Crippen molar-refractivity contribution in [3.05, 3.63) is 12.2 Å². The van der Waals surface area contributed by atoms with Crippen LogP contribution in [0.3, 0.4) is 0 Å². The summed E-state index contributed by atoms with van der Waals surface area (Å²) in [5.74, 6) is -2.34. The summed E-state index contributed by atoms with van der Waals surface area (Å²) in [6, 6.07) is 0. The standard InChI is InChI=1S/C12H16O4/c1-16-12(15)10-8-4-2-3-7(5-6-8)9(10)11(13)14/h5-10H,2-4H2,1H3,(H,13,14). The number of hydrogen-bond acceptors (Lipinski definition) is 3. The summed E-state index contributed by atoms with van der Waals surface area (Å²) in [4.78, 5) is 23.0. The summed E-state index contributed by atoms with van der Waals surface area (Å²) in [5.41, 5.74) is 0. The van der Waals surface area contributed by atoms with E-state index in [9.17, 15) is 14.7 Å². The van der Waals surface area contributed by atoms with Crippen LogP contribution in [0.2, 0.25) is 0 Å². The van der Waals surface area contributed by atoms with E-state index in [1.165, 1.54) is 7.11 Å². The number of allylic oxidation sites excluding steroid dienone is 2. The Hall–Kier alpha value is -1.32. The van der Waals surface area contributed by atoms with Crippen molar-refractivity contribution in [2.24, 2.45) is 23.7 Å². The van der Waals surface area contributed by atoms with E-state index in [0.717, 1.165) is 19.3 Å². The first-order chi connectivity index (χ1) is 7.65. The predicted octanol–water partition coefficient (Wildman–Crippen LogP) is 1.46. The van der Waals surface area contributed by atoms with Gasteiger partial charge in [-0.25, -0.2) is 0 Å². The van der Waals surface area contributed by atoms with Crippen molar-refractivity contribution < 1.29 is 19.4 Å². The fourth-order valence-electron chi connectivity index (χ4n) is 2.99. The maximum atomic E-state index is 11.7. The zero-order chi connectivity index (χ0) is 11.7. The van der Waals surface area contributed by atoms with Crippen LogP contribution in [0.1, 0.15) is 19.3 Å². The van der Waals surface area contributed by atoms with Crippen LogP contribution in [0.25, 0.3) is 0 Å². The topological polar surface area (TPSA) is 63.6 Å². The maximum Gasteiger partial charge on any atom is 0.310 e. The second-order valence-electron chi connectivity index (χ2n) is 4.56. The van der Waals surface area contributed by atoms with Crippen LogP contribution in [0.4, 0.5) is 0 Å². The van der Waals surface area contributed by atoms with Gasteiger partial charge in [0.25, 0.3) is 0 Å². The molecule has 4 unspecified atom stereocenters. The van der Waals surface area contributed by atoms with Crippen molar-refractivity contribution in [2.75, 3.05) is 7.11 Å². The van der Waals surface area contributed by atoms with Gasteiger partial charge in [-0.15, -0.1) is 0 Å². The molecule has 0 spiro atoms. The van der Waals surface area contributed by atoms with Gasteiger partial charge in [0.15, 0.2) is 0 Å². The minimum Gasteiger partial charge on any atom is -0.481 e. The van der Waals surface area contributed by atoms with E-state index in [1.807, 2.05) is 12.2 Å². The Kier molecular flexibility index (Phi) is 2.99.